The molecule has 3 aromatic rings. The smallest absolute Gasteiger partial charge is 0.113 e. The van der Waals surface area contributed by atoms with Crippen molar-refractivity contribution in [3.05, 3.63) is 58.3 Å². The molecular formula is C13H9IN2. The molecule has 0 unspecified atom stereocenters. The summed E-state index contributed by atoms with van der Waals surface area (Å²) in [6.45, 7) is 0. The Balaban J connectivity index is 2.29. The van der Waals surface area contributed by atoms with E-state index in [0.717, 1.165) is 14.9 Å². The normalized spacial score (nSPS) is 10.8. The molecule has 78 valence electrons. The molecule has 0 N–H and O–H groups in total. The largest absolute Gasteiger partial charge is 0.226 e. The molecule has 16 heavy (non-hydrogen) atoms. The first kappa shape index (κ1) is 9.84. The molecule has 0 amide bonds. The molecule has 0 radical (unpaired) electrons. The van der Waals surface area contributed by atoms with Crippen LogP contribution in [0.5, 0.6) is 0 Å². The minimum atomic E-state index is 1.04. The van der Waals surface area contributed by atoms with E-state index in [9.17, 15) is 0 Å². The van der Waals surface area contributed by atoms with E-state index in [0.29, 0.717) is 0 Å². The predicted molar refractivity (Wildman–Crippen MR) is 73.8 cm³/mol. The SMILES string of the molecule is Ic1c2ccccc2nn1-c1ccccc1. The minimum absolute atomic E-state index is 1.04. The first-order chi connectivity index (χ1) is 7.86. The summed E-state index contributed by atoms with van der Waals surface area (Å²) in [6, 6.07) is 18.4. The first-order valence-electron chi connectivity index (χ1n) is 5.05. The molecular weight excluding hydrogens is 311 g/mol. The zero-order valence-corrected chi connectivity index (χ0v) is 10.6. The lowest BCUT2D eigenvalue weighted by Gasteiger charge is -2.01. The molecule has 0 aliphatic carbocycles. The van der Waals surface area contributed by atoms with Crippen LogP contribution in [0.2, 0.25) is 0 Å². The van der Waals surface area contributed by atoms with Gasteiger partial charge in [0.1, 0.15) is 3.70 Å². The van der Waals surface area contributed by atoms with Gasteiger partial charge in [-0.15, -0.1) is 0 Å². The highest BCUT2D eigenvalue weighted by atomic mass is 127. The molecule has 0 fully saturated rings. The van der Waals surface area contributed by atoms with Crippen LogP contribution >= 0.6 is 22.6 Å². The van der Waals surface area contributed by atoms with E-state index >= 15 is 0 Å². The van der Waals surface area contributed by atoms with Crippen molar-refractivity contribution < 1.29 is 0 Å². The van der Waals surface area contributed by atoms with E-state index < -0.39 is 0 Å². The van der Waals surface area contributed by atoms with Crippen molar-refractivity contribution in [2.75, 3.05) is 0 Å². The molecule has 0 saturated carbocycles. The van der Waals surface area contributed by atoms with Gasteiger partial charge in [0.05, 0.1) is 11.2 Å². The maximum atomic E-state index is 4.59. The van der Waals surface area contributed by atoms with Crippen LogP contribution in [0.4, 0.5) is 0 Å². The molecule has 3 rings (SSSR count). The zero-order valence-electron chi connectivity index (χ0n) is 8.47. The van der Waals surface area contributed by atoms with E-state index in [-0.39, 0.29) is 0 Å². The number of benzene rings is 2. The lowest BCUT2D eigenvalue weighted by Crippen LogP contribution is -1.97. The summed E-state index contributed by atoms with van der Waals surface area (Å²) in [7, 11) is 0. The van der Waals surface area contributed by atoms with Crippen molar-refractivity contribution in [2.45, 2.75) is 0 Å². The number of hydrogen-bond donors (Lipinski definition) is 0. The molecule has 0 bridgehead atoms. The van der Waals surface area contributed by atoms with Crippen molar-refractivity contribution >= 4 is 33.5 Å². The third kappa shape index (κ3) is 1.51. The lowest BCUT2D eigenvalue weighted by molar-refractivity contribution is 0.873. The van der Waals surface area contributed by atoms with Crippen molar-refractivity contribution in [3.63, 3.8) is 0 Å². The Labute approximate surface area is 107 Å². The average Bonchev–Trinajstić information content (AvgIpc) is 2.69. The standard InChI is InChI=1S/C13H9IN2/c14-13-11-8-4-5-9-12(11)15-16(13)10-6-2-1-3-7-10/h1-9H. The Morgan fingerprint density at radius 1 is 0.875 bits per heavy atom. The molecule has 0 aliphatic heterocycles. The number of aromatic nitrogens is 2. The molecule has 1 heterocycles. The summed E-state index contributed by atoms with van der Waals surface area (Å²) in [5.74, 6) is 0. The van der Waals surface area contributed by atoms with Crippen LogP contribution in [0, 0.1) is 3.70 Å². The summed E-state index contributed by atoms with van der Waals surface area (Å²) in [5.41, 5.74) is 2.14. The second kappa shape index (κ2) is 3.90. The Hall–Kier alpha value is -1.36. The Kier molecular flexibility index (Phi) is 2.40. The van der Waals surface area contributed by atoms with Crippen LogP contribution < -0.4 is 0 Å². The van der Waals surface area contributed by atoms with Crippen LogP contribution in [0.1, 0.15) is 0 Å². The monoisotopic (exact) mass is 320 g/mol. The summed E-state index contributed by atoms with van der Waals surface area (Å²) in [4.78, 5) is 0. The van der Waals surface area contributed by atoms with Gasteiger partial charge in [-0.25, -0.2) is 4.68 Å². The fourth-order valence-corrected chi connectivity index (χ4v) is 2.58. The van der Waals surface area contributed by atoms with Gasteiger partial charge in [-0.1, -0.05) is 36.4 Å². The van der Waals surface area contributed by atoms with Crippen molar-refractivity contribution in [1.82, 2.24) is 9.78 Å². The summed E-state index contributed by atoms with van der Waals surface area (Å²) < 4.78 is 3.13. The lowest BCUT2D eigenvalue weighted by atomic mass is 10.3. The molecule has 0 aliphatic rings. The van der Waals surface area contributed by atoms with Gasteiger partial charge in [0, 0.05) is 5.39 Å². The van der Waals surface area contributed by atoms with Crippen molar-refractivity contribution in [3.8, 4) is 5.69 Å². The van der Waals surface area contributed by atoms with Gasteiger partial charge in [-0.3, -0.25) is 0 Å². The highest BCUT2D eigenvalue weighted by Crippen LogP contribution is 2.22. The quantitative estimate of drug-likeness (QED) is 0.626. The van der Waals surface area contributed by atoms with E-state index in [1.54, 1.807) is 0 Å². The molecule has 0 atom stereocenters. The second-order valence-corrected chi connectivity index (χ2v) is 4.58. The van der Waals surface area contributed by atoms with E-state index in [1.807, 2.05) is 41.1 Å². The van der Waals surface area contributed by atoms with Crippen LogP contribution in [0.25, 0.3) is 16.6 Å². The number of para-hydroxylation sites is 1. The number of halogens is 1. The third-order valence-electron chi connectivity index (χ3n) is 2.52. The van der Waals surface area contributed by atoms with Gasteiger partial charge in [0.2, 0.25) is 0 Å². The highest BCUT2D eigenvalue weighted by Gasteiger charge is 2.08. The summed E-state index contributed by atoms with van der Waals surface area (Å²) in [6.07, 6.45) is 0. The molecule has 0 saturated heterocycles. The zero-order chi connectivity index (χ0) is 11.0. The first-order valence-corrected chi connectivity index (χ1v) is 6.13. The molecule has 1 aromatic heterocycles. The fourth-order valence-electron chi connectivity index (χ4n) is 1.74. The fraction of sp³-hybridized carbons (Fsp3) is 0. The minimum Gasteiger partial charge on any atom is -0.226 e. The topological polar surface area (TPSA) is 17.8 Å². The van der Waals surface area contributed by atoms with Crippen LogP contribution in [0.3, 0.4) is 0 Å². The van der Waals surface area contributed by atoms with Crippen LogP contribution in [-0.4, -0.2) is 9.78 Å². The van der Waals surface area contributed by atoms with Gasteiger partial charge in [0.25, 0.3) is 0 Å². The van der Waals surface area contributed by atoms with Crippen LogP contribution in [0.15, 0.2) is 54.6 Å². The predicted octanol–water partition coefficient (Wildman–Crippen LogP) is 3.63. The molecule has 2 nitrogen and oxygen atoms in total. The van der Waals surface area contributed by atoms with Gasteiger partial charge < -0.3 is 0 Å². The Morgan fingerprint density at radius 2 is 1.56 bits per heavy atom. The highest BCUT2D eigenvalue weighted by molar-refractivity contribution is 14.1. The summed E-state index contributed by atoms with van der Waals surface area (Å²) in [5, 5.41) is 5.79. The van der Waals surface area contributed by atoms with Gasteiger partial charge in [0.15, 0.2) is 0 Å². The second-order valence-electron chi connectivity index (χ2n) is 3.56. The molecule has 2 aromatic carbocycles. The number of rotatable bonds is 1. The maximum Gasteiger partial charge on any atom is 0.113 e. The van der Waals surface area contributed by atoms with E-state index in [1.165, 1.54) is 5.39 Å². The van der Waals surface area contributed by atoms with E-state index in [2.05, 4.69) is 45.9 Å². The number of fused-ring (bicyclic) bond motifs is 1. The van der Waals surface area contributed by atoms with Crippen molar-refractivity contribution in [1.29, 1.82) is 0 Å². The molecule has 3 heteroatoms. The summed E-state index contributed by atoms with van der Waals surface area (Å²) >= 11 is 2.34. The van der Waals surface area contributed by atoms with Crippen molar-refractivity contribution in [2.24, 2.45) is 0 Å². The third-order valence-corrected chi connectivity index (χ3v) is 3.56. The van der Waals surface area contributed by atoms with Gasteiger partial charge in [-0.2, -0.15) is 5.10 Å². The molecule has 0 spiro atoms. The maximum absolute atomic E-state index is 4.59. The Bertz CT molecular complexity index is 629. The van der Waals surface area contributed by atoms with Gasteiger partial charge in [-0.05, 0) is 40.8 Å². The average molecular weight is 320 g/mol. The van der Waals surface area contributed by atoms with Gasteiger partial charge >= 0.3 is 0 Å². The number of nitrogens with zero attached hydrogens (tertiary/aromatic N) is 2. The number of hydrogen-bond acceptors (Lipinski definition) is 1. The van der Waals surface area contributed by atoms with E-state index in [4.69, 9.17) is 0 Å². The van der Waals surface area contributed by atoms with Crippen LogP contribution in [-0.2, 0) is 0 Å². The Morgan fingerprint density at radius 3 is 2.31 bits per heavy atom.